The van der Waals surface area contributed by atoms with Gasteiger partial charge in [0, 0.05) is 12.7 Å². The van der Waals surface area contributed by atoms with E-state index in [-0.39, 0.29) is 35.9 Å². The van der Waals surface area contributed by atoms with E-state index in [1.165, 1.54) is 0 Å². The Hall–Kier alpha value is -3.65. The first-order valence-electron chi connectivity index (χ1n) is 13.0. The van der Waals surface area contributed by atoms with Gasteiger partial charge in [-0.1, -0.05) is 30.9 Å². The van der Waals surface area contributed by atoms with Gasteiger partial charge in [0.15, 0.2) is 17.3 Å². The molecule has 1 saturated carbocycles. The number of nitrogens with zero attached hydrogens (tertiary/aromatic N) is 8. The second-order valence-corrected chi connectivity index (χ2v) is 10.3. The Morgan fingerprint density at radius 3 is 2.90 bits per heavy atom. The van der Waals surface area contributed by atoms with Gasteiger partial charge in [-0.05, 0) is 48.9 Å². The molecule has 13 nitrogen and oxygen atoms in total. The number of hydroxylamine groups is 2. The Kier molecular flexibility index (Phi) is 8.31. The number of hydrazine groups is 1. The zero-order chi connectivity index (χ0) is 27.4. The number of hydrogen-bond acceptors (Lipinski definition) is 10. The van der Waals surface area contributed by atoms with Gasteiger partial charge in [0.25, 0.3) is 0 Å². The number of fused-ring (bicyclic) bond motifs is 1. The third-order valence-electron chi connectivity index (χ3n) is 7.41. The van der Waals surface area contributed by atoms with Crippen LogP contribution in [0.25, 0.3) is 11.2 Å². The smallest absolute Gasteiger partial charge is 0.243 e. The van der Waals surface area contributed by atoms with Crippen LogP contribution in [0.4, 0.5) is 16.0 Å². The number of nitrogens with one attached hydrogen (secondary N) is 2. The summed E-state index contributed by atoms with van der Waals surface area (Å²) in [6.45, 7) is 0.792. The number of aromatic nitrogens is 6. The Morgan fingerprint density at radius 1 is 1.28 bits per heavy atom. The van der Waals surface area contributed by atoms with Gasteiger partial charge in [-0.2, -0.15) is 14.4 Å². The third kappa shape index (κ3) is 6.17. The molecule has 3 aromatic rings. The molecule has 2 amide bonds. The molecular weight excluding hydrogens is 531 g/mol. The van der Waals surface area contributed by atoms with E-state index in [0.717, 1.165) is 38.5 Å². The Bertz CT molecular complexity index is 1320. The molecule has 4 heterocycles. The Balaban J connectivity index is 1.30. The highest BCUT2D eigenvalue weighted by molar-refractivity contribution is 6.28. The quantitative estimate of drug-likeness (QED) is 0.138. The molecule has 0 unspecified atom stereocenters. The summed E-state index contributed by atoms with van der Waals surface area (Å²) in [7, 11) is 0. The van der Waals surface area contributed by atoms with Crippen molar-refractivity contribution in [2.45, 2.75) is 57.5 Å². The third-order valence-corrected chi connectivity index (χ3v) is 7.58. The lowest BCUT2D eigenvalue weighted by Crippen LogP contribution is -2.41. The fourth-order valence-electron chi connectivity index (χ4n) is 5.52. The van der Waals surface area contributed by atoms with Gasteiger partial charge in [-0.25, -0.2) is 14.7 Å². The molecule has 2 aliphatic rings. The van der Waals surface area contributed by atoms with Gasteiger partial charge in [0.2, 0.25) is 23.4 Å². The minimum atomic E-state index is -0.766. The van der Waals surface area contributed by atoms with Gasteiger partial charge >= 0.3 is 0 Å². The second kappa shape index (κ2) is 12.0. The average molecular weight is 561 g/mol. The maximum atomic E-state index is 15.7. The monoisotopic (exact) mass is 560 g/mol. The number of pyridine rings is 1. The molecule has 5 rings (SSSR count). The Morgan fingerprint density at radius 2 is 2.10 bits per heavy atom. The van der Waals surface area contributed by atoms with Crippen LogP contribution in [0.2, 0.25) is 5.28 Å². The molecule has 208 valence electrons. The maximum Gasteiger partial charge on any atom is 0.243 e. The van der Waals surface area contributed by atoms with Crippen LogP contribution in [0.15, 0.2) is 18.3 Å². The minimum absolute atomic E-state index is 0.0108. The summed E-state index contributed by atoms with van der Waals surface area (Å²) in [4.78, 5) is 38.2. The molecular formula is C24H30ClFN10O3. The van der Waals surface area contributed by atoms with Crippen molar-refractivity contribution in [3.63, 3.8) is 0 Å². The van der Waals surface area contributed by atoms with Gasteiger partial charge in [-0.3, -0.25) is 25.6 Å². The van der Waals surface area contributed by atoms with Crippen LogP contribution < -0.4 is 15.8 Å². The van der Waals surface area contributed by atoms with Crippen LogP contribution in [-0.2, 0) is 16.1 Å². The standard InChI is InChI=1S/C24H30ClFN10O3/c25-24-28-20(31-32-23(38)16(12-34(39)14-37)11-15-5-1-2-6-15)19(26)22(29-24)35-10-4-7-17(35)13-36-21-18(30-33-36)8-3-9-27-21/h3,8-9,14-17,39H,1-2,4-7,10-13H2,(H,32,38)(H,28,29,31)/t16-,17+/m1/s1. The number of hydrogen-bond donors (Lipinski definition) is 3. The van der Waals surface area contributed by atoms with Crippen molar-refractivity contribution >= 4 is 46.7 Å². The summed E-state index contributed by atoms with van der Waals surface area (Å²) < 4.78 is 17.4. The molecule has 1 aliphatic heterocycles. The maximum absolute atomic E-state index is 15.7. The fourth-order valence-corrected chi connectivity index (χ4v) is 5.69. The molecule has 0 aromatic carbocycles. The van der Waals surface area contributed by atoms with Crippen LogP contribution in [0, 0.1) is 17.7 Å². The lowest BCUT2D eigenvalue weighted by Gasteiger charge is -2.26. The topological polar surface area (TPSA) is 154 Å². The van der Waals surface area contributed by atoms with E-state index in [2.05, 4.69) is 36.1 Å². The molecule has 0 bridgehead atoms. The van der Waals surface area contributed by atoms with E-state index in [9.17, 15) is 14.8 Å². The van der Waals surface area contributed by atoms with Gasteiger partial charge in [0.05, 0.1) is 25.0 Å². The molecule has 15 heteroatoms. The number of halogens is 2. The summed E-state index contributed by atoms with van der Waals surface area (Å²) in [5.41, 5.74) is 6.32. The molecule has 0 radical (unpaired) electrons. The highest BCUT2D eigenvalue weighted by Crippen LogP contribution is 2.32. The molecule has 1 saturated heterocycles. The second-order valence-electron chi connectivity index (χ2n) is 10.0. The number of carbonyl (C=O) groups excluding carboxylic acids is 2. The Labute approximate surface area is 228 Å². The lowest BCUT2D eigenvalue weighted by atomic mass is 9.92. The molecule has 39 heavy (non-hydrogen) atoms. The van der Waals surface area contributed by atoms with Crippen molar-refractivity contribution in [3.05, 3.63) is 29.4 Å². The van der Waals surface area contributed by atoms with Crippen LogP contribution >= 0.6 is 11.6 Å². The van der Waals surface area contributed by atoms with Gasteiger partial charge < -0.3 is 4.90 Å². The van der Waals surface area contributed by atoms with E-state index in [4.69, 9.17) is 11.6 Å². The zero-order valence-electron chi connectivity index (χ0n) is 21.2. The van der Waals surface area contributed by atoms with Crippen LogP contribution in [0.1, 0.15) is 44.9 Å². The number of carbonyl (C=O) groups is 2. The number of rotatable bonds is 11. The van der Waals surface area contributed by atoms with Crippen molar-refractivity contribution in [2.75, 3.05) is 23.4 Å². The van der Waals surface area contributed by atoms with Crippen molar-refractivity contribution in [1.82, 2.24) is 40.4 Å². The SMILES string of the molecule is O=CN(O)C[C@@H](CC1CCCC1)C(=O)NNc1nc(Cl)nc(N2CCC[C@H]2Cn2nnc3cccnc32)c1F. The van der Waals surface area contributed by atoms with E-state index in [1.54, 1.807) is 16.9 Å². The number of amides is 2. The largest absolute Gasteiger partial charge is 0.349 e. The lowest BCUT2D eigenvalue weighted by molar-refractivity contribution is -0.154. The van der Waals surface area contributed by atoms with E-state index < -0.39 is 17.6 Å². The minimum Gasteiger partial charge on any atom is -0.349 e. The predicted molar refractivity (Wildman–Crippen MR) is 139 cm³/mol. The van der Waals surface area contributed by atoms with E-state index >= 15 is 4.39 Å². The highest BCUT2D eigenvalue weighted by atomic mass is 35.5. The highest BCUT2D eigenvalue weighted by Gasteiger charge is 2.32. The molecule has 2 fully saturated rings. The first-order valence-corrected chi connectivity index (χ1v) is 13.4. The van der Waals surface area contributed by atoms with Crippen molar-refractivity contribution in [1.29, 1.82) is 0 Å². The van der Waals surface area contributed by atoms with Crippen LogP contribution in [-0.4, -0.2) is 71.7 Å². The fraction of sp³-hybridized carbons (Fsp3) is 0.542. The predicted octanol–water partition coefficient (Wildman–Crippen LogP) is 2.57. The van der Waals surface area contributed by atoms with Gasteiger partial charge in [-0.15, -0.1) is 5.10 Å². The summed E-state index contributed by atoms with van der Waals surface area (Å²) in [5.74, 6) is -1.91. The zero-order valence-corrected chi connectivity index (χ0v) is 22.0. The van der Waals surface area contributed by atoms with Crippen molar-refractivity contribution in [3.8, 4) is 0 Å². The van der Waals surface area contributed by atoms with Crippen LogP contribution in [0.5, 0.6) is 0 Å². The van der Waals surface area contributed by atoms with Crippen LogP contribution in [0.3, 0.4) is 0 Å². The molecule has 0 spiro atoms. The van der Waals surface area contributed by atoms with E-state index in [0.29, 0.717) is 41.7 Å². The molecule has 3 aromatic heterocycles. The van der Waals surface area contributed by atoms with Crippen molar-refractivity contribution in [2.24, 2.45) is 11.8 Å². The average Bonchev–Trinajstić information content (AvgIpc) is 3.71. The number of anilines is 2. The first kappa shape index (κ1) is 26.9. The molecule has 3 N–H and O–H groups in total. The molecule has 1 aliphatic carbocycles. The van der Waals surface area contributed by atoms with Crippen molar-refractivity contribution < 1.29 is 19.2 Å². The summed E-state index contributed by atoms with van der Waals surface area (Å²) >= 11 is 6.16. The normalized spacial score (nSPS) is 18.4. The summed E-state index contributed by atoms with van der Waals surface area (Å²) in [6, 6.07) is 3.46. The summed E-state index contributed by atoms with van der Waals surface area (Å²) in [6.07, 6.45) is 8.14. The van der Waals surface area contributed by atoms with Gasteiger partial charge in [0.1, 0.15) is 5.52 Å². The molecule has 2 atom stereocenters. The summed E-state index contributed by atoms with van der Waals surface area (Å²) in [5, 5.41) is 18.3. The first-order chi connectivity index (χ1) is 18.9. The van der Waals surface area contributed by atoms with E-state index in [1.807, 2.05) is 11.0 Å².